The van der Waals surface area contributed by atoms with Crippen LogP contribution in [0.4, 0.5) is 0 Å². The molecule has 1 aliphatic carbocycles. The summed E-state index contributed by atoms with van der Waals surface area (Å²) in [6.07, 6.45) is 10.5. The zero-order valence-corrected chi connectivity index (χ0v) is 13.1. The number of hydrogen-bond acceptors (Lipinski definition) is 3. The Balaban J connectivity index is 1.49. The first-order chi connectivity index (χ1) is 9.74. The van der Waals surface area contributed by atoms with E-state index in [1.54, 1.807) is 0 Å². The van der Waals surface area contributed by atoms with Crippen LogP contribution in [0.5, 0.6) is 0 Å². The average Bonchev–Trinajstić information content (AvgIpc) is 2.48. The molecule has 3 fully saturated rings. The summed E-state index contributed by atoms with van der Waals surface area (Å²) in [5.41, 5.74) is 0. The number of aliphatic hydroxyl groups excluding tert-OH is 1. The summed E-state index contributed by atoms with van der Waals surface area (Å²) in [7, 11) is 2.30. The number of likely N-dealkylation sites (tertiary alicyclic amines) is 2. The lowest BCUT2D eigenvalue weighted by Gasteiger charge is -2.46. The van der Waals surface area contributed by atoms with Crippen LogP contribution >= 0.6 is 0 Å². The van der Waals surface area contributed by atoms with E-state index < -0.39 is 0 Å². The van der Waals surface area contributed by atoms with Crippen LogP contribution in [-0.2, 0) is 0 Å². The van der Waals surface area contributed by atoms with Crippen molar-refractivity contribution < 1.29 is 5.11 Å². The van der Waals surface area contributed by atoms with E-state index in [-0.39, 0.29) is 6.10 Å². The average molecular weight is 280 g/mol. The molecule has 3 unspecified atom stereocenters. The van der Waals surface area contributed by atoms with Gasteiger partial charge < -0.3 is 14.9 Å². The molecule has 0 aromatic rings. The molecule has 3 atom stereocenters. The number of rotatable bonds is 3. The second kappa shape index (κ2) is 6.76. The number of fused-ring (bicyclic) bond motifs is 1. The van der Waals surface area contributed by atoms with Gasteiger partial charge in [0.2, 0.25) is 0 Å². The van der Waals surface area contributed by atoms with Crippen LogP contribution in [0, 0.1) is 11.8 Å². The maximum atomic E-state index is 10.5. The summed E-state index contributed by atoms with van der Waals surface area (Å²) in [5.74, 6) is 1.43. The van der Waals surface area contributed by atoms with Crippen LogP contribution in [-0.4, -0.2) is 60.3 Å². The fourth-order valence-corrected chi connectivity index (χ4v) is 4.83. The molecule has 3 rings (SSSR count). The highest BCUT2D eigenvalue weighted by Gasteiger charge is 2.35. The van der Waals surface area contributed by atoms with Gasteiger partial charge in [0.05, 0.1) is 6.10 Å². The number of nitrogens with zero attached hydrogens (tertiary/aromatic N) is 2. The second-order valence-electron chi connectivity index (χ2n) is 7.46. The van der Waals surface area contributed by atoms with E-state index in [1.165, 1.54) is 71.0 Å². The molecule has 3 nitrogen and oxygen atoms in total. The Bertz CT molecular complexity index is 303. The largest absolute Gasteiger partial charge is 0.392 e. The Morgan fingerprint density at radius 2 is 1.80 bits per heavy atom. The molecule has 20 heavy (non-hydrogen) atoms. The second-order valence-corrected chi connectivity index (χ2v) is 7.46. The fourth-order valence-electron chi connectivity index (χ4n) is 4.83. The standard InChI is InChI=1S/C17H32N2O/c1-18-10-5-8-15-12-19(11-9-16(15)18)13-17(20)14-6-3-2-4-7-14/h14-17,20H,2-13H2,1H3. The molecule has 2 saturated heterocycles. The monoisotopic (exact) mass is 280 g/mol. The van der Waals surface area contributed by atoms with Crippen LogP contribution in [0.15, 0.2) is 0 Å². The van der Waals surface area contributed by atoms with Crippen LogP contribution in [0.25, 0.3) is 0 Å². The first-order valence-electron chi connectivity index (χ1n) is 8.84. The topological polar surface area (TPSA) is 26.7 Å². The number of hydrogen-bond donors (Lipinski definition) is 1. The summed E-state index contributed by atoms with van der Waals surface area (Å²) in [5, 5.41) is 10.5. The Hall–Kier alpha value is -0.120. The van der Waals surface area contributed by atoms with Crippen molar-refractivity contribution in [3.63, 3.8) is 0 Å². The summed E-state index contributed by atoms with van der Waals surface area (Å²) in [6, 6.07) is 0.812. The zero-order valence-electron chi connectivity index (χ0n) is 13.1. The first kappa shape index (κ1) is 14.8. The Morgan fingerprint density at radius 1 is 1.00 bits per heavy atom. The quantitative estimate of drug-likeness (QED) is 0.859. The predicted molar refractivity (Wildman–Crippen MR) is 82.8 cm³/mol. The van der Waals surface area contributed by atoms with E-state index >= 15 is 0 Å². The van der Waals surface area contributed by atoms with E-state index in [0.29, 0.717) is 5.92 Å². The zero-order chi connectivity index (χ0) is 13.9. The van der Waals surface area contributed by atoms with E-state index in [1.807, 2.05) is 0 Å². The summed E-state index contributed by atoms with van der Waals surface area (Å²) >= 11 is 0. The minimum atomic E-state index is -0.0758. The highest BCUT2D eigenvalue weighted by atomic mass is 16.3. The SMILES string of the molecule is CN1CCCC2CN(CC(O)C3CCCCC3)CCC21. The molecule has 0 aromatic carbocycles. The summed E-state index contributed by atoms with van der Waals surface area (Å²) in [4.78, 5) is 5.13. The third kappa shape index (κ3) is 3.37. The van der Waals surface area contributed by atoms with Crippen molar-refractivity contribution in [2.24, 2.45) is 11.8 Å². The van der Waals surface area contributed by atoms with E-state index in [4.69, 9.17) is 0 Å². The van der Waals surface area contributed by atoms with Gasteiger partial charge in [0.15, 0.2) is 0 Å². The van der Waals surface area contributed by atoms with E-state index in [9.17, 15) is 5.11 Å². The molecule has 3 heteroatoms. The maximum Gasteiger partial charge on any atom is 0.0695 e. The predicted octanol–water partition coefficient (Wildman–Crippen LogP) is 2.34. The van der Waals surface area contributed by atoms with Gasteiger partial charge in [0, 0.05) is 19.1 Å². The van der Waals surface area contributed by atoms with Gasteiger partial charge in [-0.3, -0.25) is 0 Å². The van der Waals surface area contributed by atoms with Gasteiger partial charge in [-0.05, 0) is 64.1 Å². The molecule has 2 aliphatic heterocycles. The van der Waals surface area contributed by atoms with Gasteiger partial charge in [-0.15, -0.1) is 0 Å². The molecule has 2 heterocycles. The minimum absolute atomic E-state index is 0.0758. The lowest BCUT2D eigenvalue weighted by atomic mass is 9.82. The lowest BCUT2D eigenvalue weighted by molar-refractivity contribution is -0.00110. The van der Waals surface area contributed by atoms with Crippen molar-refractivity contribution in [3.8, 4) is 0 Å². The third-order valence-corrected chi connectivity index (χ3v) is 6.07. The molecule has 0 aromatic heterocycles. The molecule has 1 saturated carbocycles. The van der Waals surface area contributed by atoms with Gasteiger partial charge in [-0.25, -0.2) is 0 Å². The highest BCUT2D eigenvalue weighted by molar-refractivity contribution is 4.90. The molecular weight excluding hydrogens is 248 g/mol. The van der Waals surface area contributed by atoms with Crippen molar-refractivity contribution in [1.82, 2.24) is 9.80 Å². The number of aliphatic hydroxyl groups is 1. The lowest BCUT2D eigenvalue weighted by Crippen LogP contribution is -2.54. The van der Waals surface area contributed by atoms with Crippen LogP contribution in [0.2, 0.25) is 0 Å². The van der Waals surface area contributed by atoms with Crippen molar-refractivity contribution in [2.45, 2.75) is 63.5 Å². The Morgan fingerprint density at radius 3 is 2.60 bits per heavy atom. The van der Waals surface area contributed by atoms with Crippen LogP contribution in [0.3, 0.4) is 0 Å². The van der Waals surface area contributed by atoms with Crippen LogP contribution < -0.4 is 0 Å². The summed E-state index contributed by atoms with van der Waals surface area (Å²) in [6.45, 7) is 4.62. The molecular formula is C17H32N2O. The van der Waals surface area contributed by atoms with Gasteiger partial charge in [0.25, 0.3) is 0 Å². The van der Waals surface area contributed by atoms with Gasteiger partial charge in [-0.2, -0.15) is 0 Å². The maximum absolute atomic E-state index is 10.5. The normalized spacial score (nSPS) is 35.7. The highest BCUT2D eigenvalue weighted by Crippen LogP contribution is 2.31. The smallest absolute Gasteiger partial charge is 0.0695 e. The van der Waals surface area contributed by atoms with Crippen molar-refractivity contribution in [2.75, 3.05) is 33.2 Å². The molecule has 0 bridgehead atoms. The van der Waals surface area contributed by atoms with E-state index in [0.717, 1.165) is 18.5 Å². The first-order valence-corrected chi connectivity index (χ1v) is 8.84. The number of piperidine rings is 2. The van der Waals surface area contributed by atoms with Gasteiger partial charge in [0.1, 0.15) is 0 Å². The Labute approximate surface area is 124 Å². The van der Waals surface area contributed by atoms with Crippen molar-refractivity contribution in [1.29, 1.82) is 0 Å². The minimum Gasteiger partial charge on any atom is -0.392 e. The van der Waals surface area contributed by atoms with Crippen molar-refractivity contribution in [3.05, 3.63) is 0 Å². The third-order valence-electron chi connectivity index (χ3n) is 6.07. The summed E-state index contributed by atoms with van der Waals surface area (Å²) < 4.78 is 0. The molecule has 0 radical (unpaired) electrons. The van der Waals surface area contributed by atoms with Gasteiger partial charge >= 0.3 is 0 Å². The molecule has 116 valence electrons. The fraction of sp³-hybridized carbons (Fsp3) is 1.00. The van der Waals surface area contributed by atoms with Crippen molar-refractivity contribution >= 4 is 0 Å². The molecule has 0 amide bonds. The molecule has 1 N–H and O–H groups in total. The van der Waals surface area contributed by atoms with E-state index in [2.05, 4.69) is 16.8 Å². The Kier molecular flexibility index (Phi) is 5.00. The van der Waals surface area contributed by atoms with Gasteiger partial charge in [-0.1, -0.05) is 19.3 Å². The molecule has 3 aliphatic rings. The van der Waals surface area contributed by atoms with Crippen LogP contribution in [0.1, 0.15) is 51.4 Å². The number of β-amino-alcohol motifs (C(OH)–C–C–N with tert-alkyl or cyclic N) is 1. The molecule has 0 spiro atoms.